The van der Waals surface area contributed by atoms with Crippen LogP contribution in [0.1, 0.15) is 72.9 Å². The van der Waals surface area contributed by atoms with E-state index in [9.17, 15) is 14.7 Å². The molecular formula is C34H50N2O3S. The molecule has 6 heteroatoms. The van der Waals surface area contributed by atoms with Crippen molar-refractivity contribution in [3.8, 4) is 0 Å². The summed E-state index contributed by atoms with van der Waals surface area (Å²) in [6.45, 7) is 19.8. The number of benzene rings is 1. The number of urea groups is 1. The number of hydrogen-bond donors (Lipinski definition) is 2. The van der Waals surface area contributed by atoms with Crippen LogP contribution in [0.3, 0.4) is 0 Å². The summed E-state index contributed by atoms with van der Waals surface area (Å²) < 4.78 is -0.910. The summed E-state index contributed by atoms with van der Waals surface area (Å²) in [4.78, 5) is 27.0. The molecule has 0 saturated heterocycles. The van der Waals surface area contributed by atoms with Gasteiger partial charge in [-0.2, -0.15) is 0 Å². The van der Waals surface area contributed by atoms with Gasteiger partial charge >= 0.3 is 12.0 Å². The fourth-order valence-corrected chi connectivity index (χ4v) is 4.59. The monoisotopic (exact) mass is 566 g/mol. The number of likely N-dealkylation sites (N-methyl/N-ethyl adjacent to an activating group) is 1. The molecule has 0 aromatic heterocycles. The molecule has 0 bridgehead atoms. The summed E-state index contributed by atoms with van der Waals surface area (Å²) in [5.41, 5.74) is 5.38. The number of carbonyl (C=O) groups is 2. The van der Waals surface area contributed by atoms with Gasteiger partial charge in [0.1, 0.15) is 4.75 Å². The first-order chi connectivity index (χ1) is 19.1. The van der Waals surface area contributed by atoms with Gasteiger partial charge in [0, 0.05) is 24.2 Å². The Morgan fingerprint density at radius 2 is 1.77 bits per heavy atom. The molecule has 0 heterocycles. The molecule has 0 aliphatic heterocycles. The Kier molecular flexibility index (Phi) is 18.1. The molecule has 0 atom stereocenters. The van der Waals surface area contributed by atoms with E-state index in [1.807, 2.05) is 70.2 Å². The molecule has 220 valence electrons. The van der Waals surface area contributed by atoms with Gasteiger partial charge in [-0.3, -0.25) is 4.79 Å². The zero-order valence-electron chi connectivity index (χ0n) is 26.0. The van der Waals surface area contributed by atoms with Crippen molar-refractivity contribution in [3.63, 3.8) is 0 Å². The largest absolute Gasteiger partial charge is 0.480 e. The summed E-state index contributed by atoms with van der Waals surface area (Å²) in [6.07, 6.45) is 18.0. The van der Waals surface area contributed by atoms with Gasteiger partial charge in [0.15, 0.2) is 0 Å². The SMILES string of the molecule is C=C/C=C\C=C(/C)C1=CCC=C(NC(=O)N(C)CCc2cc(SC(C)(C)C(=O)O)ccc2CC)C=C1.CC.CC. The number of carboxylic acids is 1. The number of carboxylic acid groups (broad SMARTS) is 1. The van der Waals surface area contributed by atoms with Crippen LogP contribution in [0.25, 0.3) is 0 Å². The summed E-state index contributed by atoms with van der Waals surface area (Å²) in [5.74, 6) is -0.843. The van der Waals surface area contributed by atoms with Crippen molar-refractivity contribution in [2.24, 2.45) is 0 Å². The van der Waals surface area contributed by atoms with Crippen LogP contribution in [0.15, 0.2) is 95.1 Å². The first-order valence-electron chi connectivity index (χ1n) is 14.2. The number of nitrogens with one attached hydrogen (secondary N) is 1. The first kappa shape index (κ1) is 36.8. The van der Waals surface area contributed by atoms with Gasteiger partial charge in [-0.25, -0.2) is 4.79 Å². The first-order valence-corrected chi connectivity index (χ1v) is 15.0. The van der Waals surface area contributed by atoms with E-state index in [0.717, 1.165) is 40.1 Å². The molecule has 1 aromatic rings. The molecule has 0 radical (unpaired) electrons. The van der Waals surface area contributed by atoms with Gasteiger partial charge in [-0.1, -0.05) is 89.8 Å². The number of hydrogen-bond acceptors (Lipinski definition) is 3. The molecular weight excluding hydrogens is 516 g/mol. The van der Waals surface area contributed by atoms with Gasteiger partial charge in [0.05, 0.1) is 0 Å². The third-order valence-corrected chi connectivity index (χ3v) is 7.10. The molecule has 0 fully saturated rings. The second-order valence-corrected chi connectivity index (χ2v) is 10.9. The van der Waals surface area contributed by atoms with E-state index in [1.54, 1.807) is 31.9 Å². The standard InChI is InChI=1S/C30H38N2O3S.2C2H6/c1-7-9-10-12-22(3)24-13-11-14-26(17-15-24)31-29(35)32(6)20-19-25-21-27(18-16-23(25)8-2)36-30(4,5)28(33)34;2*1-2/h7,9-10,12-18,21H,1,8,11,19-20H2,2-6H3,(H,31,35)(H,33,34);2*1-2H3/b10-9-,22-12+;;. The topological polar surface area (TPSA) is 69.6 Å². The fraction of sp³-hybridized carbons (Fsp3) is 0.412. The van der Waals surface area contributed by atoms with E-state index in [4.69, 9.17) is 0 Å². The van der Waals surface area contributed by atoms with Crippen molar-refractivity contribution in [3.05, 3.63) is 101 Å². The van der Waals surface area contributed by atoms with E-state index in [-0.39, 0.29) is 6.03 Å². The Labute approximate surface area is 247 Å². The maximum absolute atomic E-state index is 12.8. The summed E-state index contributed by atoms with van der Waals surface area (Å²) >= 11 is 1.34. The predicted octanol–water partition coefficient (Wildman–Crippen LogP) is 8.90. The number of allylic oxidation sites excluding steroid dienone is 10. The third-order valence-electron chi connectivity index (χ3n) is 5.93. The molecule has 1 aliphatic rings. The van der Waals surface area contributed by atoms with Crippen molar-refractivity contribution in [1.82, 2.24) is 10.2 Å². The van der Waals surface area contributed by atoms with Gasteiger partial charge < -0.3 is 15.3 Å². The van der Waals surface area contributed by atoms with Crippen LogP contribution in [-0.4, -0.2) is 40.3 Å². The highest BCUT2D eigenvalue weighted by Crippen LogP contribution is 2.34. The van der Waals surface area contributed by atoms with Crippen LogP contribution in [0.4, 0.5) is 4.79 Å². The van der Waals surface area contributed by atoms with Gasteiger partial charge in [0.2, 0.25) is 0 Å². The van der Waals surface area contributed by atoms with Crippen molar-refractivity contribution in [2.75, 3.05) is 13.6 Å². The summed E-state index contributed by atoms with van der Waals surface area (Å²) in [5, 5.41) is 12.5. The molecule has 0 spiro atoms. The predicted molar refractivity (Wildman–Crippen MR) is 174 cm³/mol. The minimum absolute atomic E-state index is 0.161. The molecule has 2 rings (SSSR count). The smallest absolute Gasteiger partial charge is 0.321 e. The summed E-state index contributed by atoms with van der Waals surface area (Å²) in [7, 11) is 1.79. The van der Waals surface area contributed by atoms with Crippen LogP contribution in [-0.2, 0) is 17.6 Å². The minimum atomic E-state index is -0.910. The number of nitrogens with zero attached hydrogens (tertiary/aromatic N) is 1. The fourth-order valence-electron chi connectivity index (χ4n) is 3.58. The van der Waals surface area contributed by atoms with Gasteiger partial charge in [0.25, 0.3) is 0 Å². The van der Waals surface area contributed by atoms with Crippen LogP contribution in [0.2, 0.25) is 0 Å². The highest BCUT2D eigenvalue weighted by atomic mass is 32.2. The number of amides is 2. The Bertz CT molecular complexity index is 1120. The zero-order chi connectivity index (χ0) is 30.7. The number of carbonyl (C=O) groups excluding carboxylic acids is 1. The lowest BCUT2D eigenvalue weighted by Crippen LogP contribution is -2.37. The van der Waals surface area contributed by atoms with Gasteiger partial charge in [-0.15, -0.1) is 11.8 Å². The lowest BCUT2D eigenvalue weighted by atomic mass is 10.0. The molecule has 0 unspecified atom stereocenters. The second kappa shape index (κ2) is 19.8. The normalized spacial score (nSPS) is 13.1. The van der Waals surface area contributed by atoms with Crippen molar-refractivity contribution >= 4 is 23.8 Å². The highest BCUT2D eigenvalue weighted by Gasteiger charge is 2.28. The molecule has 2 N–H and O–H groups in total. The maximum Gasteiger partial charge on any atom is 0.321 e. The number of rotatable bonds is 11. The molecule has 0 saturated carbocycles. The molecule has 1 aromatic carbocycles. The number of thioether (sulfide) groups is 1. The molecule has 2 amide bonds. The number of aryl methyl sites for hydroxylation is 1. The Morgan fingerprint density at radius 3 is 2.38 bits per heavy atom. The minimum Gasteiger partial charge on any atom is -0.480 e. The van der Waals surface area contributed by atoms with Crippen LogP contribution >= 0.6 is 11.8 Å². The third kappa shape index (κ3) is 12.7. The van der Waals surface area contributed by atoms with Crippen molar-refractivity contribution in [1.29, 1.82) is 0 Å². The van der Waals surface area contributed by atoms with Crippen molar-refractivity contribution in [2.45, 2.75) is 84.3 Å². The Balaban J connectivity index is 0.00000363. The zero-order valence-corrected chi connectivity index (χ0v) is 26.8. The Hall–Kier alpha value is -3.25. The van der Waals surface area contributed by atoms with E-state index in [0.29, 0.717) is 13.0 Å². The molecule has 5 nitrogen and oxygen atoms in total. The average Bonchev–Trinajstić information content (AvgIpc) is 3.19. The van der Waals surface area contributed by atoms with Crippen LogP contribution in [0.5, 0.6) is 0 Å². The van der Waals surface area contributed by atoms with E-state index < -0.39 is 10.7 Å². The number of aliphatic carboxylic acids is 1. The van der Waals surface area contributed by atoms with E-state index >= 15 is 0 Å². The van der Waals surface area contributed by atoms with Gasteiger partial charge in [-0.05, 0) is 80.5 Å². The lowest BCUT2D eigenvalue weighted by molar-refractivity contribution is -0.138. The lowest BCUT2D eigenvalue weighted by Gasteiger charge is -2.21. The van der Waals surface area contributed by atoms with E-state index in [1.165, 1.54) is 17.3 Å². The van der Waals surface area contributed by atoms with Crippen LogP contribution < -0.4 is 5.32 Å². The highest BCUT2D eigenvalue weighted by molar-refractivity contribution is 8.01. The Morgan fingerprint density at radius 1 is 1.10 bits per heavy atom. The summed E-state index contributed by atoms with van der Waals surface area (Å²) in [6, 6.07) is 5.94. The second-order valence-electron chi connectivity index (χ2n) is 9.16. The maximum atomic E-state index is 12.8. The quantitative estimate of drug-likeness (QED) is 0.207. The van der Waals surface area contributed by atoms with Crippen molar-refractivity contribution < 1.29 is 14.7 Å². The molecule has 1 aliphatic carbocycles. The van der Waals surface area contributed by atoms with Crippen LogP contribution in [0, 0.1) is 0 Å². The average molecular weight is 567 g/mol. The van der Waals surface area contributed by atoms with E-state index in [2.05, 4.69) is 44.0 Å². The molecule has 40 heavy (non-hydrogen) atoms.